The molecule has 1 aliphatic carbocycles. The summed E-state index contributed by atoms with van der Waals surface area (Å²) in [4.78, 5) is 12.6. The summed E-state index contributed by atoms with van der Waals surface area (Å²) in [6.45, 7) is 1.60. The Balaban J connectivity index is 2.19. The van der Waals surface area contributed by atoms with E-state index in [1.807, 2.05) is 0 Å². The van der Waals surface area contributed by atoms with Gasteiger partial charge in [-0.05, 0) is 12.5 Å². The number of halogens is 4. The lowest BCUT2D eigenvalue weighted by Crippen LogP contribution is -2.39. The fraction of sp³-hybridized carbons (Fsp3) is 0.333. The van der Waals surface area contributed by atoms with Crippen molar-refractivity contribution in [1.29, 1.82) is 0 Å². The first-order valence-electron chi connectivity index (χ1n) is 6.98. The zero-order valence-electron chi connectivity index (χ0n) is 12.7. The first-order chi connectivity index (χ1) is 11.0. The molecule has 3 rings (SSSR count). The van der Waals surface area contributed by atoms with Crippen molar-refractivity contribution in [1.82, 2.24) is 14.8 Å². The molecule has 1 atom stereocenters. The Morgan fingerprint density at radius 3 is 2.75 bits per heavy atom. The maximum atomic E-state index is 13.2. The monoisotopic (exact) mass is 359 g/mol. The van der Waals surface area contributed by atoms with Crippen molar-refractivity contribution >= 4 is 28.2 Å². The van der Waals surface area contributed by atoms with Crippen molar-refractivity contribution in [2.75, 3.05) is 0 Å². The Labute approximate surface area is 139 Å². The van der Waals surface area contributed by atoms with E-state index in [0.717, 1.165) is 12.2 Å². The Morgan fingerprint density at radius 2 is 2.12 bits per heavy atom. The van der Waals surface area contributed by atoms with Crippen LogP contribution in [-0.4, -0.2) is 30.9 Å². The minimum Gasteiger partial charge on any atom is -0.503 e. The van der Waals surface area contributed by atoms with Crippen molar-refractivity contribution in [3.63, 3.8) is 0 Å². The van der Waals surface area contributed by atoms with Gasteiger partial charge in [0.1, 0.15) is 5.65 Å². The molecule has 0 amide bonds. The van der Waals surface area contributed by atoms with Crippen LogP contribution in [0.15, 0.2) is 23.0 Å². The summed E-state index contributed by atoms with van der Waals surface area (Å²) in [6, 6.07) is 0. The van der Waals surface area contributed by atoms with Gasteiger partial charge in [-0.1, -0.05) is 18.2 Å². The lowest BCUT2D eigenvalue weighted by atomic mass is 9.90. The third-order valence-electron chi connectivity index (χ3n) is 4.04. The predicted molar refractivity (Wildman–Crippen MR) is 84.1 cm³/mol. The van der Waals surface area contributed by atoms with E-state index in [0.29, 0.717) is 11.3 Å². The molecule has 9 heteroatoms. The number of alkyl halides is 4. The van der Waals surface area contributed by atoms with Gasteiger partial charge in [-0.3, -0.25) is 9.48 Å². The summed E-state index contributed by atoms with van der Waals surface area (Å²) in [6.07, 6.45) is -1.89. The molecule has 1 aliphatic rings. The molecule has 2 heterocycles. The van der Waals surface area contributed by atoms with Crippen molar-refractivity contribution in [3.05, 3.63) is 39.8 Å². The van der Waals surface area contributed by atoms with Gasteiger partial charge in [0, 0.05) is 13.5 Å². The molecule has 1 unspecified atom stereocenters. The number of fused-ring (bicyclic) bond motifs is 1. The first kappa shape index (κ1) is 16.6. The lowest BCUT2D eigenvalue weighted by molar-refractivity contribution is -0.149. The molecule has 0 aliphatic heterocycles. The van der Waals surface area contributed by atoms with Gasteiger partial charge in [-0.2, -0.15) is 18.3 Å². The highest BCUT2D eigenvalue weighted by molar-refractivity contribution is 6.26. The molecule has 0 fully saturated rings. The molecule has 0 aromatic carbocycles. The van der Waals surface area contributed by atoms with Crippen LogP contribution < -0.4 is 5.43 Å². The molecule has 0 spiro atoms. The molecule has 2 aromatic rings. The molecular weight excluding hydrogens is 347 g/mol. The van der Waals surface area contributed by atoms with Gasteiger partial charge in [0.05, 0.1) is 16.8 Å². The number of H-pyrrole nitrogens is 1. The van der Waals surface area contributed by atoms with Gasteiger partial charge in [0.2, 0.25) is 5.43 Å². The summed E-state index contributed by atoms with van der Waals surface area (Å²) >= 11 is 5.70. The highest BCUT2D eigenvalue weighted by atomic mass is 35.5. The second kappa shape index (κ2) is 5.14. The largest absolute Gasteiger partial charge is 0.503 e. The fourth-order valence-corrected chi connectivity index (χ4v) is 3.01. The molecule has 0 bridgehead atoms. The molecule has 0 saturated heterocycles. The normalized spacial score (nSPS) is 21.3. The van der Waals surface area contributed by atoms with Gasteiger partial charge in [0.15, 0.2) is 10.6 Å². The highest BCUT2D eigenvalue weighted by Gasteiger charge is 2.53. The molecule has 2 aromatic heterocycles. The van der Waals surface area contributed by atoms with Crippen LogP contribution >= 0.6 is 11.6 Å². The van der Waals surface area contributed by atoms with Crippen LogP contribution in [0.1, 0.15) is 17.8 Å². The van der Waals surface area contributed by atoms with E-state index in [1.165, 1.54) is 10.8 Å². The predicted octanol–water partition coefficient (Wildman–Crippen LogP) is 3.16. The number of nitrogens with one attached hydrogen (secondary N) is 1. The van der Waals surface area contributed by atoms with Gasteiger partial charge in [-0.25, -0.2) is 0 Å². The topological polar surface area (TPSA) is 70.9 Å². The van der Waals surface area contributed by atoms with Gasteiger partial charge in [-0.15, -0.1) is 11.6 Å². The standard InChI is InChI=1S/C15H13ClF3N3O2/c1-7-9-11(23)12(24)10(20-13(9)22(2)21-7)8-4-3-5-14(16,6-8)15(17,18)19/h3-5,24H,6H2,1-2H3,(H,20,23). The second-order valence-electron chi connectivity index (χ2n) is 5.70. The lowest BCUT2D eigenvalue weighted by Gasteiger charge is -2.29. The molecule has 128 valence electrons. The van der Waals surface area contributed by atoms with Crippen LogP contribution in [-0.2, 0) is 7.05 Å². The third kappa shape index (κ3) is 2.32. The summed E-state index contributed by atoms with van der Waals surface area (Å²) in [5.74, 6) is -0.652. The van der Waals surface area contributed by atoms with Crippen LogP contribution in [0.4, 0.5) is 13.2 Å². The number of aromatic hydroxyl groups is 1. The van der Waals surface area contributed by atoms with Crippen LogP contribution in [0.3, 0.4) is 0 Å². The quantitative estimate of drug-likeness (QED) is 0.768. The zero-order valence-corrected chi connectivity index (χ0v) is 13.5. The summed E-state index contributed by atoms with van der Waals surface area (Å²) in [7, 11) is 1.59. The van der Waals surface area contributed by atoms with E-state index in [1.54, 1.807) is 14.0 Å². The average Bonchev–Trinajstić information content (AvgIpc) is 2.76. The zero-order chi connectivity index (χ0) is 17.9. The van der Waals surface area contributed by atoms with E-state index in [4.69, 9.17) is 11.6 Å². The number of aromatic amines is 1. The second-order valence-corrected chi connectivity index (χ2v) is 6.37. The van der Waals surface area contributed by atoms with Crippen LogP contribution in [0, 0.1) is 6.92 Å². The molecule has 24 heavy (non-hydrogen) atoms. The summed E-state index contributed by atoms with van der Waals surface area (Å²) in [5.41, 5.74) is 0.0318. The van der Waals surface area contributed by atoms with Crippen molar-refractivity contribution < 1.29 is 18.3 Å². The number of allylic oxidation sites excluding steroid dienone is 4. The maximum Gasteiger partial charge on any atom is 0.411 e. The number of aromatic nitrogens is 3. The SMILES string of the molecule is Cc1nn(C)c2[nH]c(C3=CC=CC(Cl)(C(F)(F)F)C3)c(O)c(=O)c12. The van der Waals surface area contributed by atoms with Crippen molar-refractivity contribution in [2.45, 2.75) is 24.4 Å². The van der Waals surface area contributed by atoms with Gasteiger partial charge >= 0.3 is 6.18 Å². The van der Waals surface area contributed by atoms with E-state index in [2.05, 4.69) is 10.1 Å². The number of nitrogens with zero attached hydrogens (tertiary/aromatic N) is 2. The molecule has 2 N–H and O–H groups in total. The van der Waals surface area contributed by atoms with Crippen LogP contribution in [0.2, 0.25) is 0 Å². The minimum absolute atomic E-state index is 0.0835. The number of hydrogen-bond acceptors (Lipinski definition) is 3. The van der Waals surface area contributed by atoms with Crippen LogP contribution in [0.5, 0.6) is 5.75 Å². The van der Waals surface area contributed by atoms with E-state index < -0.39 is 28.6 Å². The summed E-state index contributed by atoms with van der Waals surface area (Å²) < 4.78 is 40.9. The Kier molecular flexibility index (Phi) is 3.56. The first-order valence-corrected chi connectivity index (χ1v) is 7.36. The maximum absolute atomic E-state index is 13.2. The minimum atomic E-state index is -4.67. The smallest absolute Gasteiger partial charge is 0.411 e. The van der Waals surface area contributed by atoms with Gasteiger partial charge < -0.3 is 10.1 Å². The van der Waals surface area contributed by atoms with E-state index in [-0.39, 0.29) is 16.7 Å². The highest BCUT2D eigenvalue weighted by Crippen LogP contribution is 2.46. The molecule has 0 saturated carbocycles. The molecule has 5 nitrogen and oxygen atoms in total. The average molecular weight is 360 g/mol. The number of rotatable bonds is 1. The Morgan fingerprint density at radius 1 is 1.46 bits per heavy atom. The summed E-state index contributed by atoms with van der Waals surface area (Å²) in [5, 5.41) is 14.5. The Bertz CT molecular complexity index is 955. The molecular formula is C15H13ClF3N3O2. The van der Waals surface area contributed by atoms with E-state index in [9.17, 15) is 23.1 Å². The van der Waals surface area contributed by atoms with E-state index >= 15 is 0 Å². The Hall–Kier alpha value is -2.22. The number of pyridine rings is 1. The van der Waals surface area contributed by atoms with Crippen molar-refractivity contribution in [3.8, 4) is 5.75 Å². The third-order valence-corrected chi connectivity index (χ3v) is 4.52. The fourth-order valence-electron chi connectivity index (χ4n) is 2.79. The molecule has 0 radical (unpaired) electrons. The number of hydrogen-bond donors (Lipinski definition) is 2. The van der Waals surface area contributed by atoms with Crippen LogP contribution in [0.25, 0.3) is 16.6 Å². The van der Waals surface area contributed by atoms with Crippen molar-refractivity contribution in [2.24, 2.45) is 7.05 Å². The van der Waals surface area contributed by atoms with Gasteiger partial charge in [0.25, 0.3) is 0 Å². The number of aryl methyl sites for hydroxylation is 2.